The number of aromatic amines is 1. The fourth-order valence-electron chi connectivity index (χ4n) is 1.70. The van der Waals surface area contributed by atoms with Crippen LogP contribution in [0.15, 0.2) is 24.3 Å². The number of hydrogen-bond donors (Lipinski definition) is 2. The van der Waals surface area contributed by atoms with Crippen molar-refractivity contribution in [1.29, 1.82) is 0 Å². The number of nitrogens with two attached hydrogens (primary N) is 1. The van der Waals surface area contributed by atoms with Gasteiger partial charge in [0, 0.05) is 18.7 Å². The molecule has 0 aliphatic carbocycles. The van der Waals surface area contributed by atoms with Gasteiger partial charge in [0.05, 0.1) is 19.4 Å². The van der Waals surface area contributed by atoms with Crippen molar-refractivity contribution in [2.75, 3.05) is 20.0 Å². The molecule has 0 saturated carbocycles. The summed E-state index contributed by atoms with van der Waals surface area (Å²) in [6, 6.07) is 7.63. The maximum atomic E-state index is 5.60. The van der Waals surface area contributed by atoms with Gasteiger partial charge >= 0.3 is 0 Å². The third-order valence-corrected chi connectivity index (χ3v) is 2.46. The van der Waals surface area contributed by atoms with Crippen LogP contribution in [0, 0.1) is 0 Å². The molecular formula is C12H15N3O2. The highest BCUT2D eigenvalue weighted by atomic mass is 16.5. The van der Waals surface area contributed by atoms with Crippen LogP contribution in [0.2, 0.25) is 0 Å². The molecule has 2 aromatic rings. The number of anilines is 1. The lowest BCUT2D eigenvalue weighted by molar-refractivity contribution is 0.185. The van der Waals surface area contributed by atoms with Crippen molar-refractivity contribution in [3.8, 4) is 17.0 Å². The van der Waals surface area contributed by atoms with Gasteiger partial charge in [0.25, 0.3) is 0 Å². The molecule has 0 radical (unpaired) electrons. The van der Waals surface area contributed by atoms with Gasteiger partial charge in [-0.25, -0.2) is 0 Å². The lowest BCUT2D eigenvalue weighted by Crippen LogP contribution is -1.92. The van der Waals surface area contributed by atoms with E-state index in [-0.39, 0.29) is 0 Å². The summed E-state index contributed by atoms with van der Waals surface area (Å²) >= 11 is 0. The number of methoxy groups -OCH3 is 2. The molecule has 0 aliphatic rings. The van der Waals surface area contributed by atoms with E-state index >= 15 is 0 Å². The van der Waals surface area contributed by atoms with Crippen LogP contribution in [0.25, 0.3) is 11.3 Å². The predicted octanol–water partition coefficient (Wildman–Crippen LogP) is 1.81. The smallest absolute Gasteiger partial charge is 0.145 e. The molecule has 90 valence electrons. The van der Waals surface area contributed by atoms with Crippen molar-refractivity contribution >= 4 is 5.82 Å². The summed E-state index contributed by atoms with van der Waals surface area (Å²) in [5.41, 5.74) is 8.42. The van der Waals surface area contributed by atoms with Crippen LogP contribution >= 0.6 is 0 Å². The maximum Gasteiger partial charge on any atom is 0.145 e. The van der Waals surface area contributed by atoms with Crippen molar-refractivity contribution in [3.05, 3.63) is 29.8 Å². The summed E-state index contributed by atoms with van der Waals surface area (Å²) in [4.78, 5) is 0. The fourth-order valence-corrected chi connectivity index (χ4v) is 1.70. The Morgan fingerprint density at radius 2 is 2.12 bits per heavy atom. The van der Waals surface area contributed by atoms with E-state index in [9.17, 15) is 0 Å². The number of H-pyrrole nitrogens is 1. The number of nitrogens with zero attached hydrogens (tertiary/aromatic N) is 1. The van der Waals surface area contributed by atoms with E-state index in [4.69, 9.17) is 15.2 Å². The van der Waals surface area contributed by atoms with E-state index < -0.39 is 0 Å². The maximum absolute atomic E-state index is 5.60. The fraction of sp³-hybridized carbons (Fsp3) is 0.250. The molecule has 0 fully saturated rings. The number of nitrogen functional groups attached to an aromatic ring is 1. The third kappa shape index (κ3) is 2.39. The quantitative estimate of drug-likeness (QED) is 0.844. The molecule has 5 nitrogen and oxygen atoms in total. The standard InChI is InChI=1S/C12H15N3O2/c1-16-7-8-3-4-11(17-2)9(5-8)10-6-12(13)15-14-10/h3-6H,7H2,1-2H3,(H3,13,14,15). The normalized spacial score (nSPS) is 10.5. The summed E-state index contributed by atoms with van der Waals surface area (Å²) in [7, 11) is 3.30. The average Bonchev–Trinajstić information content (AvgIpc) is 2.76. The Morgan fingerprint density at radius 3 is 2.71 bits per heavy atom. The molecule has 0 unspecified atom stereocenters. The molecule has 0 bridgehead atoms. The Labute approximate surface area is 99.5 Å². The second-order valence-electron chi connectivity index (χ2n) is 3.67. The van der Waals surface area contributed by atoms with Gasteiger partial charge in [-0.3, -0.25) is 5.10 Å². The van der Waals surface area contributed by atoms with E-state index in [1.165, 1.54) is 0 Å². The van der Waals surface area contributed by atoms with Gasteiger partial charge in [-0.05, 0) is 17.7 Å². The molecule has 1 aromatic carbocycles. The van der Waals surface area contributed by atoms with E-state index in [0.717, 1.165) is 22.6 Å². The number of aromatic nitrogens is 2. The first-order valence-corrected chi connectivity index (χ1v) is 5.21. The van der Waals surface area contributed by atoms with Crippen molar-refractivity contribution in [2.24, 2.45) is 0 Å². The van der Waals surface area contributed by atoms with E-state index in [0.29, 0.717) is 12.4 Å². The summed E-state index contributed by atoms with van der Waals surface area (Å²) in [6.07, 6.45) is 0. The predicted molar refractivity (Wildman–Crippen MR) is 65.7 cm³/mol. The zero-order chi connectivity index (χ0) is 12.3. The van der Waals surface area contributed by atoms with E-state index in [2.05, 4.69) is 10.2 Å². The molecule has 1 aromatic heterocycles. The van der Waals surface area contributed by atoms with Crippen molar-refractivity contribution < 1.29 is 9.47 Å². The summed E-state index contributed by atoms with van der Waals surface area (Å²) in [6.45, 7) is 0.556. The number of hydrogen-bond acceptors (Lipinski definition) is 4. The number of nitrogens with one attached hydrogen (secondary N) is 1. The summed E-state index contributed by atoms with van der Waals surface area (Å²) in [5, 5.41) is 6.78. The molecule has 2 rings (SSSR count). The van der Waals surface area contributed by atoms with Crippen molar-refractivity contribution in [2.45, 2.75) is 6.61 Å². The first kappa shape index (κ1) is 11.5. The highest BCUT2D eigenvalue weighted by Gasteiger charge is 2.09. The minimum Gasteiger partial charge on any atom is -0.496 e. The van der Waals surface area contributed by atoms with Crippen LogP contribution in [0.3, 0.4) is 0 Å². The number of benzene rings is 1. The third-order valence-electron chi connectivity index (χ3n) is 2.46. The Bertz CT molecular complexity index is 508. The Morgan fingerprint density at radius 1 is 1.29 bits per heavy atom. The van der Waals surface area contributed by atoms with Crippen LogP contribution < -0.4 is 10.5 Å². The molecule has 0 aliphatic heterocycles. The van der Waals surface area contributed by atoms with Crippen LogP contribution in [0.5, 0.6) is 5.75 Å². The average molecular weight is 233 g/mol. The first-order chi connectivity index (χ1) is 8.24. The van der Waals surface area contributed by atoms with Gasteiger partial charge < -0.3 is 15.2 Å². The number of rotatable bonds is 4. The van der Waals surface area contributed by atoms with Gasteiger partial charge in [0.1, 0.15) is 11.6 Å². The zero-order valence-corrected chi connectivity index (χ0v) is 9.86. The van der Waals surface area contributed by atoms with Gasteiger partial charge in [-0.1, -0.05) is 6.07 Å². The summed E-state index contributed by atoms with van der Waals surface area (Å²) < 4.78 is 10.4. The van der Waals surface area contributed by atoms with Crippen LogP contribution in [-0.2, 0) is 11.3 Å². The Kier molecular flexibility index (Phi) is 3.30. The molecule has 17 heavy (non-hydrogen) atoms. The highest BCUT2D eigenvalue weighted by Crippen LogP contribution is 2.30. The van der Waals surface area contributed by atoms with Crippen molar-refractivity contribution in [1.82, 2.24) is 10.2 Å². The second kappa shape index (κ2) is 4.88. The van der Waals surface area contributed by atoms with Crippen LogP contribution in [0.4, 0.5) is 5.82 Å². The van der Waals surface area contributed by atoms with Gasteiger partial charge in [0.15, 0.2) is 0 Å². The molecule has 0 spiro atoms. The molecule has 3 N–H and O–H groups in total. The first-order valence-electron chi connectivity index (χ1n) is 5.21. The SMILES string of the molecule is COCc1ccc(OC)c(-c2cc(N)n[nH]2)c1. The molecule has 0 saturated heterocycles. The van der Waals surface area contributed by atoms with Crippen LogP contribution in [-0.4, -0.2) is 24.4 Å². The largest absolute Gasteiger partial charge is 0.496 e. The van der Waals surface area contributed by atoms with Gasteiger partial charge in [0.2, 0.25) is 0 Å². The molecular weight excluding hydrogens is 218 g/mol. The van der Waals surface area contributed by atoms with Crippen molar-refractivity contribution in [3.63, 3.8) is 0 Å². The molecule has 0 atom stereocenters. The minimum atomic E-state index is 0.458. The molecule has 0 amide bonds. The lowest BCUT2D eigenvalue weighted by Gasteiger charge is -2.08. The van der Waals surface area contributed by atoms with E-state index in [1.807, 2.05) is 18.2 Å². The summed E-state index contributed by atoms with van der Waals surface area (Å²) in [5.74, 6) is 1.23. The lowest BCUT2D eigenvalue weighted by atomic mass is 10.1. The topological polar surface area (TPSA) is 73.2 Å². The minimum absolute atomic E-state index is 0.458. The molecule has 1 heterocycles. The van der Waals surface area contributed by atoms with Gasteiger partial charge in [-0.2, -0.15) is 5.10 Å². The Balaban J connectivity index is 2.45. The zero-order valence-electron chi connectivity index (χ0n) is 9.86. The van der Waals surface area contributed by atoms with E-state index in [1.54, 1.807) is 20.3 Å². The number of ether oxygens (including phenoxy) is 2. The second-order valence-corrected chi connectivity index (χ2v) is 3.67. The monoisotopic (exact) mass is 233 g/mol. The Hall–Kier alpha value is -2.01. The highest BCUT2D eigenvalue weighted by molar-refractivity contribution is 5.69. The van der Waals surface area contributed by atoms with Gasteiger partial charge in [-0.15, -0.1) is 0 Å². The van der Waals surface area contributed by atoms with Crippen LogP contribution in [0.1, 0.15) is 5.56 Å². The molecule has 5 heteroatoms.